The van der Waals surface area contributed by atoms with E-state index in [2.05, 4.69) is 9.64 Å². The Kier molecular flexibility index (Phi) is 4.73. The Morgan fingerprint density at radius 2 is 1.80 bits per heavy atom. The van der Waals surface area contributed by atoms with Crippen LogP contribution in [0.25, 0.3) is 0 Å². The number of rotatable bonds is 5. The number of piperazine rings is 1. The Balaban J connectivity index is 1.88. The minimum absolute atomic E-state index is 0.149. The monoisotopic (exact) mass is 285 g/mol. The number of carbonyl (C=O) groups excluding carboxylic acids is 1. The number of anilines is 1. The molecule has 1 heterocycles. The summed E-state index contributed by atoms with van der Waals surface area (Å²) in [6.45, 7) is 0.494. The van der Waals surface area contributed by atoms with Gasteiger partial charge in [-0.2, -0.15) is 8.78 Å². The highest BCUT2D eigenvalue weighted by Gasteiger charge is 2.18. The summed E-state index contributed by atoms with van der Waals surface area (Å²) in [6, 6.07) is 6.55. The van der Waals surface area contributed by atoms with E-state index >= 15 is 0 Å². The van der Waals surface area contributed by atoms with Crippen LogP contribution < -0.4 is 15.4 Å². The van der Waals surface area contributed by atoms with Gasteiger partial charge >= 0.3 is 6.61 Å². The molecule has 1 aliphatic heterocycles. The molecule has 0 spiro atoms. The lowest BCUT2D eigenvalue weighted by Gasteiger charge is -2.35. The lowest BCUT2D eigenvalue weighted by molar-refractivity contribution is -0.119. The Morgan fingerprint density at radius 1 is 1.20 bits per heavy atom. The van der Waals surface area contributed by atoms with Crippen LogP contribution in [0.15, 0.2) is 24.3 Å². The molecule has 1 saturated heterocycles. The second-order valence-corrected chi connectivity index (χ2v) is 4.60. The Labute approximate surface area is 115 Å². The molecule has 5 nitrogen and oxygen atoms in total. The summed E-state index contributed by atoms with van der Waals surface area (Å²) < 4.78 is 28.4. The van der Waals surface area contributed by atoms with E-state index in [-0.39, 0.29) is 18.2 Å². The average molecular weight is 285 g/mol. The predicted octanol–water partition coefficient (Wildman–Crippen LogP) is 0.895. The fourth-order valence-electron chi connectivity index (χ4n) is 2.22. The first kappa shape index (κ1) is 14.5. The molecule has 2 N–H and O–H groups in total. The van der Waals surface area contributed by atoms with Crippen molar-refractivity contribution in [1.29, 1.82) is 0 Å². The lowest BCUT2D eigenvalue weighted by atomic mass is 10.2. The van der Waals surface area contributed by atoms with Crippen molar-refractivity contribution in [1.82, 2.24) is 4.90 Å². The van der Waals surface area contributed by atoms with Crippen LogP contribution in [0.3, 0.4) is 0 Å². The van der Waals surface area contributed by atoms with E-state index in [0.29, 0.717) is 0 Å². The van der Waals surface area contributed by atoms with Gasteiger partial charge in [-0.1, -0.05) is 0 Å². The van der Waals surface area contributed by atoms with E-state index in [1.165, 1.54) is 12.1 Å². The van der Waals surface area contributed by atoms with Gasteiger partial charge in [-0.15, -0.1) is 0 Å². The maximum absolute atomic E-state index is 12.0. The first-order valence-corrected chi connectivity index (χ1v) is 6.35. The molecule has 1 amide bonds. The van der Waals surface area contributed by atoms with Crippen LogP contribution >= 0.6 is 0 Å². The molecule has 1 aliphatic rings. The summed E-state index contributed by atoms with van der Waals surface area (Å²) in [5.74, 6) is -0.178. The number of nitrogens with zero attached hydrogens (tertiary/aromatic N) is 2. The van der Waals surface area contributed by atoms with Crippen molar-refractivity contribution >= 4 is 11.6 Å². The Hall–Kier alpha value is -1.89. The highest BCUT2D eigenvalue weighted by atomic mass is 19.3. The maximum atomic E-state index is 12.0. The molecule has 0 radical (unpaired) electrons. The van der Waals surface area contributed by atoms with Gasteiger partial charge < -0.3 is 15.4 Å². The molecule has 0 saturated carbocycles. The van der Waals surface area contributed by atoms with E-state index in [1.807, 2.05) is 4.90 Å². The largest absolute Gasteiger partial charge is 0.435 e. The molecule has 1 aromatic rings. The van der Waals surface area contributed by atoms with Crippen LogP contribution in [0.5, 0.6) is 5.75 Å². The lowest BCUT2D eigenvalue weighted by Crippen LogP contribution is -2.48. The van der Waals surface area contributed by atoms with E-state index < -0.39 is 6.61 Å². The number of halogens is 2. The summed E-state index contributed by atoms with van der Waals surface area (Å²) in [5.41, 5.74) is 6.11. The molecule has 1 fully saturated rings. The van der Waals surface area contributed by atoms with Crippen LogP contribution in [0.1, 0.15) is 0 Å². The number of primary amides is 1. The highest BCUT2D eigenvalue weighted by Crippen LogP contribution is 2.21. The zero-order valence-electron chi connectivity index (χ0n) is 11.0. The quantitative estimate of drug-likeness (QED) is 0.873. The van der Waals surface area contributed by atoms with Crippen LogP contribution in [0.4, 0.5) is 14.5 Å². The molecular weight excluding hydrogens is 268 g/mol. The van der Waals surface area contributed by atoms with E-state index in [1.54, 1.807) is 12.1 Å². The van der Waals surface area contributed by atoms with Crippen LogP contribution in [0.2, 0.25) is 0 Å². The first-order chi connectivity index (χ1) is 9.54. The van der Waals surface area contributed by atoms with Crippen molar-refractivity contribution in [3.05, 3.63) is 24.3 Å². The first-order valence-electron chi connectivity index (χ1n) is 6.35. The van der Waals surface area contributed by atoms with Crippen molar-refractivity contribution in [2.75, 3.05) is 37.6 Å². The third-order valence-corrected chi connectivity index (χ3v) is 3.18. The summed E-state index contributed by atoms with van der Waals surface area (Å²) in [5, 5.41) is 0. The van der Waals surface area contributed by atoms with Crippen molar-refractivity contribution < 1.29 is 18.3 Å². The molecule has 0 aromatic heterocycles. The fraction of sp³-hybridized carbons (Fsp3) is 0.462. The van der Waals surface area contributed by atoms with Gasteiger partial charge in [-0.25, -0.2) is 0 Å². The van der Waals surface area contributed by atoms with Crippen LogP contribution in [-0.4, -0.2) is 50.1 Å². The van der Waals surface area contributed by atoms with Gasteiger partial charge in [0, 0.05) is 31.9 Å². The molecule has 2 rings (SSSR count). The molecule has 0 unspecified atom stereocenters. The number of carbonyl (C=O) groups is 1. The van der Waals surface area contributed by atoms with Gasteiger partial charge in [0.2, 0.25) is 5.91 Å². The minimum Gasteiger partial charge on any atom is -0.435 e. The molecule has 7 heteroatoms. The second-order valence-electron chi connectivity index (χ2n) is 4.60. The molecule has 1 aromatic carbocycles. The van der Waals surface area contributed by atoms with E-state index in [9.17, 15) is 13.6 Å². The Morgan fingerprint density at radius 3 is 2.30 bits per heavy atom. The predicted molar refractivity (Wildman–Crippen MR) is 70.9 cm³/mol. The zero-order valence-corrected chi connectivity index (χ0v) is 11.0. The number of hydrogen-bond donors (Lipinski definition) is 1. The number of nitrogens with two attached hydrogens (primary N) is 1. The van der Waals surface area contributed by atoms with Crippen molar-refractivity contribution in [2.24, 2.45) is 5.73 Å². The summed E-state index contributed by atoms with van der Waals surface area (Å²) in [7, 11) is 0. The van der Waals surface area contributed by atoms with E-state index in [4.69, 9.17) is 5.73 Å². The summed E-state index contributed by atoms with van der Waals surface area (Å²) in [6.07, 6.45) is 0. The Bertz CT molecular complexity index is 445. The SMILES string of the molecule is NC(=O)CN1CCN(c2ccc(OC(F)F)cc2)CC1. The fourth-order valence-corrected chi connectivity index (χ4v) is 2.22. The standard InChI is InChI=1S/C13H17F2N3O2/c14-13(15)20-11-3-1-10(2-4-11)18-7-5-17(6-8-18)9-12(16)19/h1-4,13H,5-9H2,(H2,16,19). The van der Waals surface area contributed by atoms with Crippen molar-refractivity contribution in [3.8, 4) is 5.75 Å². The van der Waals surface area contributed by atoms with Crippen molar-refractivity contribution in [2.45, 2.75) is 6.61 Å². The van der Waals surface area contributed by atoms with Crippen LogP contribution in [0, 0.1) is 0 Å². The normalized spacial score (nSPS) is 16.4. The van der Waals surface area contributed by atoms with Gasteiger partial charge in [-0.3, -0.25) is 9.69 Å². The molecule has 0 bridgehead atoms. The highest BCUT2D eigenvalue weighted by molar-refractivity contribution is 5.75. The third kappa shape index (κ3) is 4.06. The number of hydrogen-bond acceptors (Lipinski definition) is 4. The molecule has 0 atom stereocenters. The summed E-state index contributed by atoms with van der Waals surface area (Å²) >= 11 is 0. The second kappa shape index (κ2) is 6.51. The number of ether oxygens (including phenoxy) is 1. The number of amides is 1. The van der Waals surface area contributed by atoms with Gasteiger partial charge in [0.15, 0.2) is 0 Å². The molecular formula is C13H17F2N3O2. The van der Waals surface area contributed by atoms with Gasteiger partial charge in [0.1, 0.15) is 5.75 Å². The number of alkyl halides is 2. The van der Waals surface area contributed by atoms with E-state index in [0.717, 1.165) is 31.9 Å². The van der Waals surface area contributed by atoms with Gasteiger partial charge in [0.25, 0.3) is 0 Å². The molecule has 110 valence electrons. The minimum atomic E-state index is -2.81. The number of benzene rings is 1. The smallest absolute Gasteiger partial charge is 0.387 e. The molecule has 0 aliphatic carbocycles. The topological polar surface area (TPSA) is 58.8 Å². The van der Waals surface area contributed by atoms with Gasteiger partial charge in [-0.05, 0) is 24.3 Å². The van der Waals surface area contributed by atoms with Crippen molar-refractivity contribution in [3.63, 3.8) is 0 Å². The molecule has 20 heavy (non-hydrogen) atoms. The van der Waals surface area contributed by atoms with Crippen LogP contribution in [-0.2, 0) is 4.79 Å². The average Bonchev–Trinajstić information content (AvgIpc) is 2.39. The zero-order chi connectivity index (χ0) is 14.5. The van der Waals surface area contributed by atoms with Gasteiger partial charge in [0.05, 0.1) is 6.54 Å². The summed E-state index contributed by atoms with van der Waals surface area (Å²) in [4.78, 5) is 15.0. The third-order valence-electron chi connectivity index (χ3n) is 3.18. The maximum Gasteiger partial charge on any atom is 0.387 e.